The van der Waals surface area contributed by atoms with Crippen LogP contribution in [0.3, 0.4) is 0 Å². The van der Waals surface area contributed by atoms with Gasteiger partial charge in [-0.3, -0.25) is 14.4 Å². The first-order valence-corrected chi connectivity index (χ1v) is 29.0. The van der Waals surface area contributed by atoms with E-state index < -0.39 is 6.10 Å². The Kier molecular flexibility index (Phi) is 54.9. The van der Waals surface area contributed by atoms with Gasteiger partial charge in [0.2, 0.25) is 0 Å². The molecule has 0 heterocycles. The molecule has 71 heavy (non-hydrogen) atoms. The Morgan fingerprint density at radius 1 is 0.296 bits per heavy atom. The largest absolute Gasteiger partial charge is 0.462 e. The van der Waals surface area contributed by atoms with Crippen LogP contribution in [0, 0.1) is 0 Å². The third kappa shape index (κ3) is 56.6. The van der Waals surface area contributed by atoms with Crippen LogP contribution in [0.4, 0.5) is 0 Å². The summed E-state index contributed by atoms with van der Waals surface area (Å²) in [6.45, 7) is 6.43. The molecule has 0 saturated heterocycles. The highest BCUT2D eigenvalue weighted by Crippen LogP contribution is 2.13. The molecule has 6 heteroatoms. The molecule has 0 aliphatic carbocycles. The topological polar surface area (TPSA) is 78.9 Å². The predicted octanol–water partition coefficient (Wildman–Crippen LogP) is 19.6. The van der Waals surface area contributed by atoms with E-state index in [0.29, 0.717) is 19.3 Å². The molecule has 0 aromatic heterocycles. The van der Waals surface area contributed by atoms with Crippen LogP contribution in [0.1, 0.15) is 252 Å². The molecule has 0 aliphatic heterocycles. The predicted molar refractivity (Wildman–Crippen MR) is 306 cm³/mol. The fourth-order valence-corrected chi connectivity index (χ4v) is 7.56. The molecule has 0 N–H and O–H groups in total. The highest BCUT2D eigenvalue weighted by atomic mass is 16.6. The van der Waals surface area contributed by atoms with Crippen molar-refractivity contribution in [3.05, 3.63) is 122 Å². The summed E-state index contributed by atoms with van der Waals surface area (Å²) < 4.78 is 16.8. The molecule has 402 valence electrons. The normalized spacial score (nSPS) is 13.0. The summed E-state index contributed by atoms with van der Waals surface area (Å²) in [6.07, 6.45) is 80.4. The zero-order chi connectivity index (χ0) is 51.4. The number of carbonyl (C=O) groups excluding carboxylic acids is 3. The van der Waals surface area contributed by atoms with Crippen molar-refractivity contribution < 1.29 is 28.6 Å². The van der Waals surface area contributed by atoms with Gasteiger partial charge in [-0.25, -0.2) is 0 Å². The van der Waals surface area contributed by atoms with Crippen LogP contribution in [-0.4, -0.2) is 37.2 Å². The lowest BCUT2D eigenvalue weighted by molar-refractivity contribution is -0.167. The number of hydrogen-bond donors (Lipinski definition) is 0. The second kappa shape index (κ2) is 58.4. The Balaban J connectivity index is 4.54. The minimum Gasteiger partial charge on any atom is -0.462 e. The molecule has 6 nitrogen and oxygen atoms in total. The van der Waals surface area contributed by atoms with Crippen molar-refractivity contribution in [2.24, 2.45) is 0 Å². The van der Waals surface area contributed by atoms with Crippen molar-refractivity contribution in [3.8, 4) is 0 Å². The quantitative estimate of drug-likeness (QED) is 0.0261. The van der Waals surface area contributed by atoms with Crippen LogP contribution in [0.5, 0.6) is 0 Å². The molecule has 0 bridgehead atoms. The van der Waals surface area contributed by atoms with Gasteiger partial charge < -0.3 is 14.2 Å². The summed E-state index contributed by atoms with van der Waals surface area (Å²) in [5.41, 5.74) is 0. The second-order valence-corrected chi connectivity index (χ2v) is 18.8. The minimum atomic E-state index is -0.816. The standard InChI is InChI=1S/C65H106O6/c1-4-7-10-13-16-19-22-25-28-30-32-34-37-40-43-46-49-52-55-58-64(67)70-61-62(60-69-63(66)57-54-51-48-45-42-39-36-27-24-21-18-15-12-9-6-3)71-65(68)59-56-53-50-47-44-41-38-35-33-31-29-26-23-20-17-14-11-8-5-2/h7,10,16-17,19-20,25-29,32-36,40-41,43-44,62H,4-6,8-9,11-15,18,21-24,30-31,37-39,42,45-61H2,1-3H3/b10-7-,19-16-,20-17-,28-25-,29-26-,34-32-,35-33-,36-27-,43-40-,44-41-/t62-/m1/s1. The fraction of sp³-hybridized carbons (Fsp3) is 0.646. The van der Waals surface area contributed by atoms with Crippen LogP contribution in [0.25, 0.3) is 0 Å². The van der Waals surface area contributed by atoms with Crippen molar-refractivity contribution in [2.75, 3.05) is 13.2 Å². The lowest BCUT2D eigenvalue weighted by Gasteiger charge is -2.18. The van der Waals surface area contributed by atoms with E-state index in [4.69, 9.17) is 14.2 Å². The van der Waals surface area contributed by atoms with E-state index >= 15 is 0 Å². The maximum absolute atomic E-state index is 12.9. The molecule has 0 aromatic carbocycles. The molecule has 0 saturated carbocycles. The molecule has 0 unspecified atom stereocenters. The van der Waals surface area contributed by atoms with Gasteiger partial charge in [0.05, 0.1) is 0 Å². The third-order valence-electron chi connectivity index (χ3n) is 11.9. The Morgan fingerprint density at radius 2 is 0.549 bits per heavy atom. The number of unbranched alkanes of at least 4 members (excludes halogenated alkanes) is 20. The average Bonchev–Trinajstić information content (AvgIpc) is 3.37. The number of rotatable bonds is 51. The van der Waals surface area contributed by atoms with Crippen LogP contribution < -0.4 is 0 Å². The van der Waals surface area contributed by atoms with Crippen molar-refractivity contribution in [1.29, 1.82) is 0 Å². The van der Waals surface area contributed by atoms with E-state index in [9.17, 15) is 14.4 Å². The van der Waals surface area contributed by atoms with Gasteiger partial charge in [-0.05, 0) is 135 Å². The van der Waals surface area contributed by atoms with E-state index in [1.165, 1.54) is 77.0 Å². The minimum absolute atomic E-state index is 0.109. The summed E-state index contributed by atoms with van der Waals surface area (Å²) in [5.74, 6) is -0.983. The van der Waals surface area contributed by atoms with Crippen LogP contribution in [0.15, 0.2) is 122 Å². The van der Waals surface area contributed by atoms with Gasteiger partial charge in [0.1, 0.15) is 13.2 Å². The summed E-state index contributed by atoms with van der Waals surface area (Å²) >= 11 is 0. The SMILES string of the molecule is CC/C=C\C/C=C\C/C=C\C/C=C\C/C=C\CCCCCC(=O)OC[C@@H](COC(=O)CCCCCCC/C=C\CCCCCCCC)OC(=O)CCCCC/C=C\C/C=C\C/C=C\C/C=C\CCCCC. The molecular weight excluding hydrogens is 877 g/mol. The number of ether oxygens (including phenoxy) is 3. The summed E-state index contributed by atoms with van der Waals surface area (Å²) in [5, 5.41) is 0. The smallest absolute Gasteiger partial charge is 0.306 e. The Morgan fingerprint density at radius 3 is 0.915 bits per heavy atom. The summed E-state index contributed by atoms with van der Waals surface area (Å²) in [7, 11) is 0. The van der Waals surface area contributed by atoms with E-state index in [2.05, 4.69) is 142 Å². The maximum Gasteiger partial charge on any atom is 0.306 e. The van der Waals surface area contributed by atoms with Gasteiger partial charge in [-0.2, -0.15) is 0 Å². The first kappa shape index (κ1) is 66.8. The first-order chi connectivity index (χ1) is 35.0. The summed E-state index contributed by atoms with van der Waals surface area (Å²) in [6, 6.07) is 0. The third-order valence-corrected chi connectivity index (χ3v) is 11.9. The molecular formula is C65H106O6. The van der Waals surface area contributed by atoms with Gasteiger partial charge >= 0.3 is 17.9 Å². The summed E-state index contributed by atoms with van der Waals surface area (Å²) in [4.78, 5) is 38.2. The highest BCUT2D eigenvalue weighted by Gasteiger charge is 2.19. The second-order valence-electron chi connectivity index (χ2n) is 18.8. The average molecular weight is 984 g/mol. The molecule has 0 spiro atoms. The lowest BCUT2D eigenvalue weighted by Crippen LogP contribution is -2.30. The van der Waals surface area contributed by atoms with Crippen molar-refractivity contribution >= 4 is 17.9 Å². The highest BCUT2D eigenvalue weighted by molar-refractivity contribution is 5.71. The Bertz CT molecular complexity index is 1500. The van der Waals surface area contributed by atoms with E-state index in [-0.39, 0.29) is 37.5 Å². The Hall–Kier alpha value is -4.19. The van der Waals surface area contributed by atoms with Crippen molar-refractivity contribution in [1.82, 2.24) is 0 Å². The molecule has 0 aliphatic rings. The fourth-order valence-electron chi connectivity index (χ4n) is 7.56. The molecule has 0 fully saturated rings. The van der Waals surface area contributed by atoms with Gasteiger partial charge in [0.15, 0.2) is 6.10 Å². The molecule has 0 rings (SSSR count). The number of carbonyl (C=O) groups is 3. The van der Waals surface area contributed by atoms with E-state index in [0.717, 1.165) is 128 Å². The number of hydrogen-bond acceptors (Lipinski definition) is 6. The van der Waals surface area contributed by atoms with Crippen LogP contribution in [-0.2, 0) is 28.6 Å². The van der Waals surface area contributed by atoms with Crippen LogP contribution >= 0.6 is 0 Å². The molecule has 0 amide bonds. The van der Waals surface area contributed by atoms with Crippen LogP contribution in [0.2, 0.25) is 0 Å². The lowest BCUT2D eigenvalue weighted by atomic mass is 10.1. The van der Waals surface area contributed by atoms with Gasteiger partial charge in [0, 0.05) is 19.3 Å². The first-order valence-electron chi connectivity index (χ1n) is 29.0. The van der Waals surface area contributed by atoms with Crippen molar-refractivity contribution in [3.63, 3.8) is 0 Å². The Labute approximate surface area is 437 Å². The molecule has 0 aromatic rings. The molecule has 1 atom stereocenters. The van der Waals surface area contributed by atoms with E-state index in [1.54, 1.807) is 0 Å². The number of allylic oxidation sites excluding steroid dienone is 20. The zero-order valence-electron chi connectivity index (χ0n) is 45.9. The number of esters is 3. The van der Waals surface area contributed by atoms with Gasteiger partial charge in [-0.15, -0.1) is 0 Å². The zero-order valence-corrected chi connectivity index (χ0v) is 45.9. The maximum atomic E-state index is 12.9. The van der Waals surface area contributed by atoms with Gasteiger partial charge in [0.25, 0.3) is 0 Å². The van der Waals surface area contributed by atoms with E-state index in [1.807, 2.05) is 0 Å². The van der Waals surface area contributed by atoms with Gasteiger partial charge in [-0.1, -0.05) is 219 Å². The monoisotopic (exact) mass is 983 g/mol. The van der Waals surface area contributed by atoms with Crippen molar-refractivity contribution in [2.45, 2.75) is 258 Å². The molecule has 0 radical (unpaired) electrons.